The maximum absolute atomic E-state index is 6.23. The van der Waals surface area contributed by atoms with Crippen LogP contribution < -0.4 is 0 Å². The molecule has 0 nitrogen and oxygen atoms in total. The molecule has 0 N–H and O–H groups in total. The molecule has 0 bridgehead atoms. The minimum absolute atomic E-state index is 0.573. The number of hydrogen-bond acceptors (Lipinski definition) is 0. The van der Waals surface area contributed by atoms with Crippen LogP contribution in [-0.4, -0.2) is 5.88 Å². The van der Waals surface area contributed by atoms with E-state index in [1.165, 1.54) is 50.5 Å². The van der Waals surface area contributed by atoms with E-state index < -0.39 is 0 Å². The monoisotopic (exact) mass is 298 g/mol. The Morgan fingerprint density at radius 1 is 1.11 bits per heavy atom. The third-order valence-electron chi connectivity index (χ3n) is 4.39. The zero-order valence-corrected chi connectivity index (χ0v) is 13.1. The van der Waals surface area contributed by atoms with Gasteiger partial charge in [0.2, 0.25) is 0 Å². The summed E-state index contributed by atoms with van der Waals surface area (Å²) in [5, 5.41) is 0.885. The Hall–Kier alpha value is -0.200. The van der Waals surface area contributed by atoms with Gasteiger partial charge in [0.15, 0.2) is 0 Å². The van der Waals surface area contributed by atoms with Crippen molar-refractivity contribution in [1.82, 2.24) is 0 Å². The summed E-state index contributed by atoms with van der Waals surface area (Å²) >= 11 is 12.4. The molecule has 1 aliphatic carbocycles. The van der Waals surface area contributed by atoms with Gasteiger partial charge in [-0.25, -0.2) is 0 Å². The quantitative estimate of drug-likeness (QED) is 0.557. The van der Waals surface area contributed by atoms with Crippen molar-refractivity contribution in [2.24, 2.45) is 11.8 Å². The summed E-state index contributed by atoms with van der Waals surface area (Å²) < 4.78 is 0. The SMILES string of the molecule is ClCC(CCC1CCCCC1)Cc1ccccc1Cl. The van der Waals surface area contributed by atoms with Crippen molar-refractivity contribution in [3.8, 4) is 0 Å². The Labute approximate surface area is 127 Å². The van der Waals surface area contributed by atoms with Crippen LogP contribution >= 0.6 is 23.2 Å². The fraction of sp³-hybridized carbons (Fsp3) is 0.647. The lowest BCUT2D eigenvalue weighted by Gasteiger charge is -2.23. The van der Waals surface area contributed by atoms with E-state index in [1.54, 1.807) is 0 Å². The highest BCUT2D eigenvalue weighted by Crippen LogP contribution is 2.30. The average Bonchev–Trinajstić information content (AvgIpc) is 2.46. The van der Waals surface area contributed by atoms with E-state index in [0.29, 0.717) is 5.92 Å². The van der Waals surface area contributed by atoms with Gasteiger partial charge in [-0.05, 0) is 36.3 Å². The van der Waals surface area contributed by atoms with E-state index in [1.807, 2.05) is 12.1 Å². The van der Waals surface area contributed by atoms with Crippen molar-refractivity contribution < 1.29 is 0 Å². The molecular formula is C17H24Cl2. The largest absolute Gasteiger partial charge is 0.126 e. The third-order valence-corrected chi connectivity index (χ3v) is 5.20. The topological polar surface area (TPSA) is 0 Å². The Balaban J connectivity index is 1.81. The Bertz CT molecular complexity index is 369. The molecule has 1 saturated carbocycles. The molecule has 0 spiro atoms. The van der Waals surface area contributed by atoms with E-state index in [2.05, 4.69) is 12.1 Å². The second kappa shape index (κ2) is 8.17. The van der Waals surface area contributed by atoms with Crippen LogP contribution in [0.5, 0.6) is 0 Å². The molecule has 106 valence electrons. The lowest BCUT2D eigenvalue weighted by Crippen LogP contribution is -2.12. The van der Waals surface area contributed by atoms with Gasteiger partial charge >= 0.3 is 0 Å². The van der Waals surface area contributed by atoms with E-state index in [4.69, 9.17) is 23.2 Å². The summed E-state index contributed by atoms with van der Waals surface area (Å²) in [6.07, 6.45) is 10.8. The third kappa shape index (κ3) is 5.00. The molecule has 0 aromatic heterocycles. The molecule has 19 heavy (non-hydrogen) atoms. The van der Waals surface area contributed by atoms with Crippen LogP contribution in [0.15, 0.2) is 24.3 Å². The van der Waals surface area contributed by atoms with Crippen molar-refractivity contribution in [2.45, 2.75) is 51.4 Å². The predicted octanol–water partition coefficient (Wildman–Crippen LogP) is 6.10. The van der Waals surface area contributed by atoms with Gasteiger partial charge in [-0.1, -0.05) is 68.3 Å². The molecule has 1 aliphatic rings. The van der Waals surface area contributed by atoms with Crippen LogP contribution in [0.3, 0.4) is 0 Å². The zero-order valence-electron chi connectivity index (χ0n) is 11.6. The fourth-order valence-corrected chi connectivity index (χ4v) is 3.63. The molecule has 2 rings (SSSR count). The Morgan fingerprint density at radius 2 is 1.84 bits per heavy atom. The maximum atomic E-state index is 6.23. The smallest absolute Gasteiger partial charge is 0.0438 e. The summed E-state index contributed by atoms with van der Waals surface area (Å²) in [5.41, 5.74) is 1.25. The van der Waals surface area contributed by atoms with Crippen molar-refractivity contribution in [3.05, 3.63) is 34.9 Å². The highest BCUT2D eigenvalue weighted by Gasteiger charge is 2.16. The van der Waals surface area contributed by atoms with Crippen LogP contribution in [0, 0.1) is 11.8 Å². The van der Waals surface area contributed by atoms with Crippen molar-refractivity contribution in [2.75, 3.05) is 5.88 Å². The van der Waals surface area contributed by atoms with E-state index in [-0.39, 0.29) is 0 Å². The number of alkyl halides is 1. The van der Waals surface area contributed by atoms with Gasteiger partial charge in [0, 0.05) is 10.9 Å². The highest BCUT2D eigenvalue weighted by atomic mass is 35.5. The van der Waals surface area contributed by atoms with Gasteiger partial charge in [0.1, 0.15) is 0 Å². The normalized spacial score (nSPS) is 18.4. The molecule has 0 heterocycles. The summed E-state index contributed by atoms with van der Waals surface area (Å²) in [6, 6.07) is 8.16. The second-order valence-corrected chi connectivity index (χ2v) is 6.61. The van der Waals surface area contributed by atoms with Crippen LogP contribution in [0.2, 0.25) is 5.02 Å². The van der Waals surface area contributed by atoms with E-state index in [0.717, 1.165) is 23.2 Å². The van der Waals surface area contributed by atoms with Crippen molar-refractivity contribution in [3.63, 3.8) is 0 Å². The number of halogens is 2. The summed E-state index contributed by atoms with van der Waals surface area (Å²) in [7, 11) is 0. The second-order valence-electron chi connectivity index (χ2n) is 5.90. The van der Waals surface area contributed by atoms with Gasteiger partial charge in [-0.3, -0.25) is 0 Å². The van der Waals surface area contributed by atoms with Gasteiger partial charge in [0.05, 0.1) is 0 Å². The molecule has 1 atom stereocenters. The first kappa shape index (κ1) is 15.2. The fourth-order valence-electron chi connectivity index (χ4n) is 3.16. The number of rotatable bonds is 6. The molecule has 0 amide bonds. The predicted molar refractivity (Wildman–Crippen MR) is 85.2 cm³/mol. The molecule has 0 aliphatic heterocycles. The summed E-state index contributed by atoms with van der Waals surface area (Å²) in [4.78, 5) is 0. The first-order valence-corrected chi connectivity index (χ1v) is 8.50. The lowest BCUT2D eigenvalue weighted by molar-refractivity contribution is 0.313. The lowest BCUT2D eigenvalue weighted by atomic mass is 9.83. The van der Waals surface area contributed by atoms with Gasteiger partial charge < -0.3 is 0 Å². The average molecular weight is 299 g/mol. The zero-order chi connectivity index (χ0) is 13.5. The van der Waals surface area contributed by atoms with Gasteiger partial charge in [0.25, 0.3) is 0 Å². The summed E-state index contributed by atoms with van der Waals surface area (Å²) in [6.45, 7) is 0. The van der Waals surface area contributed by atoms with Crippen LogP contribution in [0.4, 0.5) is 0 Å². The minimum atomic E-state index is 0.573. The van der Waals surface area contributed by atoms with Crippen LogP contribution in [0.25, 0.3) is 0 Å². The maximum Gasteiger partial charge on any atom is 0.0438 e. The number of hydrogen-bond donors (Lipinski definition) is 0. The Morgan fingerprint density at radius 3 is 2.53 bits per heavy atom. The molecule has 0 radical (unpaired) electrons. The number of benzene rings is 1. The van der Waals surface area contributed by atoms with Gasteiger partial charge in [-0.2, -0.15) is 0 Å². The minimum Gasteiger partial charge on any atom is -0.126 e. The van der Waals surface area contributed by atoms with E-state index >= 15 is 0 Å². The molecule has 1 fully saturated rings. The standard InChI is InChI=1S/C17H24Cl2/c18-13-15(11-10-14-6-2-1-3-7-14)12-16-8-4-5-9-17(16)19/h4-5,8-9,14-15H,1-3,6-7,10-13H2. The molecule has 1 aromatic rings. The Kier molecular flexibility index (Phi) is 6.53. The van der Waals surface area contributed by atoms with Crippen LogP contribution in [-0.2, 0) is 6.42 Å². The van der Waals surface area contributed by atoms with E-state index in [9.17, 15) is 0 Å². The first-order valence-electron chi connectivity index (χ1n) is 7.59. The first-order chi connectivity index (χ1) is 9.29. The highest BCUT2D eigenvalue weighted by molar-refractivity contribution is 6.31. The van der Waals surface area contributed by atoms with Gasteiger partial charge in [-0.15, -0.1) is 11.6 Å². The van der Waals surface area contributed by atoms with Crippen molar-refractivity contribution in [1.29, 1.82) is 0 Å². The summed E-state index contributed by atoms with van der Waals surface area (Å²) in [5.74, 6) is 2.27. The molecule has 1 unspecified atom stereocenters. The molecule has 2 heteroatoms. The molecule has 1 aromatic carbocycles. The van der Waals surface area contributed by atoms with Crippen molar-refractivity contribution >= 4 is 23.2 Å². The molecule has 0 saturated heterocycles. The molecular weight excluding hydrogens is 275 g/mol. The van der Waals surface area contributed by atoms with Crippen LogP contribution in [0.1, 0.15) is 50.5 Å².